The van der Waals surface area contributed by atoms with Gasteiger partial charge in [0.15, 0.2) is 0 Å². The van der Waals surface area contributed by atoms with Crippen LogP contribution in [0.5, 0.6) is 0 Å². The Bertz CT molecular complexity index is 1730. The third-order valence-electron chi connectivity index (χ3n) is 8.61. The largest absolute Gasteiger partial charge is 0.139 e. The molecule has 37 heavy (non-hydrogen) atoms. The predicted molar refractivity (Wildman–Crippen MR) is 160 cm³/mol. The lowest BCUT2D eigenvalue weighted by Crippen LogP contribution is -2.21. The average molecular weight is 493 g/mol. The minimum atomic E-state index is 0.460. The molecule has 4 aromatic rings. The van der Waals surface area contributed by atoms with Crippen molar-refractivity contribution < 1.29 is 0 Å². The van der Waals surface area contributed by atoms with Gasteiger partial charge in [-0.05, 0) is 82.3 Å². The van der Waals surface area contributed by atoms with Crippen molar-refractivity contribution in [3.8, 4) is 22.3 Å². The molecule has 1 aromatic heterocycles. The molecule has 4 aliphatic rings. The van der Waals surface area contributed by atoms with Gasteiger partial charge in [-0.3, -0.25) is 0 Å². The zero-order chi connectivity index (χ0) is 24.3. The van der Waals surface area contributed by atoms with Crippen molar-refractivity contribution in [1.29, 1.82) is 0 Å². The summed E-state index contributed by atoms with van der Waals surface area (Å²) >= 11 is 1.99. The van der Waals surface area contributed by atoms with Gasteiger partial charge in [0, 0.05) is 26.8 Å². The van der Waals surface area contributed by atoms with Crippen molar-refractivity contribution in [2.45, 2.75) is 31.6 Å². The van der Waals surface area contributed by atoms with Crippen molar-refractivity contribution in [3.63, 3.8) is 0 Å². The second-order valence-electron chi connectivity index (χ2n) is 10.6. The van der Waals surface area contributed by atoms with Gasteiger partial charge in [0.25, 0.3) is 0 Å². The molecule has 0 saturated heterocycles. The number of allylic oxidation sites excluding steroid dienone is 9. The molecule has 0 radical (unpaired) electrons. The quantitative estimate of drug-likeness (QED) is 0.261. The summed E-state index contributed by atoms with van der Waals surface area (Å²) in [5.41, 5.74) is 12.7. The first-order valence-corrected chi connectivity index (χ1v) is 14.4. The molecule has 0 nitrogen and oxygen atoms in total. The molecule has 3 aromatic carbocycles. The van der Waals surface area contributed by atoms with Crippen LogP contribution in [0, 0.1) is 5.92 Å². The van der Waals surface area contributed by atoms with Crippen LogP contribution in [0.25, 0.3) is 44.0 Å². The molecule has 1 heteroatoms. The molecule has 2 unspecified atom stereocenters. The van der Waals surface area contributed by atoms with E-state index in [0.717, 1.165) is 12.8 Å². The maximum atomic E-state index is 2.46. The Morgan fingerprint density at radius 3 is 2.46 bits per heavy atom. The monoisotopic (exact) mass is 492 g/mol. The first kappa shape index (κ1) is 21.4. The lowest BCUT2D eigenvalue weighted by molar-refractivity contribution is 0.621. The summed E-state index contributed by atoms with van der Waals surface area (Å²) in [6.07, 6.45) is 23.3. The third-order valence-corrected chi connectivity index (χ3v) is 9.93. The topological polar surface area (TPSA) is 0 Å². The van der Waals surface area contributed by atoms with E-state index in [1.165, 1.54) is 72.3 Å². The fraction of sp³-hybridized carbons (Fsp3) is 0.167. The number of benzene rings is 3. The summed E-state index contributed by atoms with van der Waals surface area (Å²) in [5.74, 6) is 0.973. The molecule has 2 atom stereocenters. The Labute approximate surface area is 222 Å². The van der Waals surface area contributed by atoms with Crippen LogP contribution >= 0.6 is 11.3 Å². The normalized spacial score (nSPS) is 21.1. The van der Waals surface area contributed by atoms with Crippen molar-refractivity contribution in [1.82, 2.24) is 0 Å². The van der Waals surface area contributed by atoms with Crippen LogP contribution in [0.1, 0.15) is 46.7 Å². The number of thiophene rings is 1. The van der Waals surface area contributed by atoms with E-state index >= 15 is 0 Å². The maximum absolute atomic E-state index is 2.46. The molecular formula is C36H28S. The molecule has 1 heterocycles. The molecule has 0 amide bonds. The highest BCUT2D eigenvalue weighted by atomic mass is 32.1. The minimum Gasteiger partial charge on any atom is -0.139 e. The second-order valence-corrected chi connectivity index (χ2v) is 11.8. The smallest absolute Gasteiger partial charge is 0.0430 e. The standard InChI is InChI=1S/C36H28S/c1-2-13-29-27(11-1)28-12-3-4-14-30(28)34-22-24(19-20-31(29)34)23-9-7-10-25(21-23)26-16-8-17-33-32-15-5-6-18-35(32)37-36(26)33/h1-2,4-5,7-11,13-17,19-22,27,29H,3,6,12,18H2. The van der Waals surface area contributed by atoms with E-state index in [4.69, 9.17) is 0 Å². The molecule has 4 aliphatic carbocycles. The van der Waals surface area contributed by atoms with Gasteiger partial charge >= 0.3 is 0 Å². The Morgan fingerprint density at radius 2 is 1.49 bits per heavy atom. The van der Waals surface area contributed by atoms with Crippen molar-refractivity contribution >= 4 is 33.1 Å². The number of fused-ring (bicyclic) bond motifs is 8. The summed E-state index contributed by atoms with van der Waals surface area (Å²) in [7, 11) is 0. The van der Waals surface area contributed by atoms with E-state index in [1.807, 2.05) is 11.3 Å². The highest BCUT2D eigenvalue weighted by Gasteiger charge is 2.33. The third kappa shape index (κ3) is 3.34. The minimum absolute atomic E-state index is 0.460. The van der Waals surface area contributed by atoms with E-state index in [9.17, 15) is 0 Å². The van der Waals surface area contributed by atoms with E-state index < -0.39 is 0 Å². The lowest BCUT2D eigenvalue weighted by atomic mass is 9.67. The Morgan fingerprint density at radius 1 is 0.676 bits per heavy atom. The van der Waals surface area contributed by atoms with Gasteiger partial charge in [-0.1, -0.05) is 103 Å². The van der Waals surface area contributed by atoms with Gasteiger partial charge in [-0.25, -0.2) is 0 Å². The first-order chi connectivity index (χ1) is 18.3. The van der Waals surface area contributed by atoms with Crippen LogP contribution < -0.4 is 0 Å². The summed E-state index contributed by atoms with van der Waals surface area (Å²) in [4.78, 5) is 1.53. The highest BCUT2D eigenvalue weighted by Crippen LogP contribution is 2.49. The highest BCUT2D eigenvalue weighted by molar-refractivity contribution is 7.20. The zero-order valence-electron chi connectivity index (χ0n) is 20.8. The van der Waals surface area contributed by atoms with E-state index in [-0.39, 0.29) is 0 Å². The fourth-order valence-electron chi connectivity index (χ4n) is 6.85. The van der Waals surface area contributed by atoms with Gasteiger partial charge in [0.05, 0.1) is 0 Å². The van der Waals surface area contributed by atoms with Crippen molar-refractivity contribution in [2.75, 3.05) is 0 Å². The zero-order valence-corrected chi connectivity index (χ0v) is 21.6. The second kappa shape index (κ2) is 8.43. The van der Waals surface area contributed by atoms with E-state index in [2.05, 4.69) is 109 Å². The van der Waals surface area contributed by atoms with Crippen LogP contribution in [0.3, 0.4) is 0 Å². The summed E-state index contributed by atoms with van der Waals surface area (Å²) in [6, 6.07) is 23.2. The number of aryl methyl sites for hydroxylation is 1. The molecular weight excluding hydrogens is 464 g/mol. The number of hydrogen-bond acceptors (Lipinski definition) is 1. The molecule has 0 saturated carbocycles. The molecule has 178 valence electrons. The van der Waals surface area contributed by atoms with Crippen LogP contribution in [-0.4, -0.2) is 0 Å². The fourth-order valence-corrected chi connectivity index (χ4v) is 8.19. The molecule has 0 aliphatic heterocycles. The van der Waals surface area contributed by atoms with Gasteiger partial charge in [-0.15, -0.1) is 11.3 Å². The molecule has 8 rings (SSSR count). The SMILES string of the molecule is C1=CC2C3=C(C=CCC3)c3cc(-c4cccc(-c5cccc6c7c(sc56)CCC=C7)c4)ccc3C2C=C1. The van der Waals surface area contributed by atoms with E-state index in [0.29, 0.717) is 11.8 Å². The number of rotatable bonds is 2. The van der Waals surface area contributed by atoms with Crippen LogP contribution in [0.15, 0.2) is 109 Å². The van der Waals surface area contributed by atoms with Crippen LogP contribution in [0.4, 0.5) is 0 Å². The molecule has 0 N–H and O–H groups in total. The van der Waals surface area contributed by atoms with Crippen LogP contribution in [0.2, 0.25) is 0 Å². The summed E-state index contributed by atoms with van der Waals surface area (Å²) in [5, 5.41) is 1.40. The number of hydrogen-bond donors (Lipinski definition) is 0. The molecule has 0 spiro atoms. The van der Waals surface area contributed by atoms with Crippen LogP contribution in [-0.2, 0) is 6.42 Å². The predicted octanol–water partition coefficient (Wildman–Crippen LogP) is 10.1. The maximum Gasteiger partial charge on any atom is 0.0430 e. The van der Waals surface area contributed by atoms with Gasteiger partial charge in [0.2, 0.25) is 0 Å². The van der Waals surface area contributed by atoms with Gasteiger partial charge in [-0.2, -0.15) is 0 Å². The lowest BCUT2D eigenvalue weighted by Gasteiger charge is -2.36. The first-order valence-electron chi connectivity index (χ1n) is 13.6. The van der Waals surface area contributed by atoms with Crippen molar-refractivity contribution in [2.24, 2.45) is 5.92 Å². The summed E-state index contributed by atoms with van der Waals surface area (Å²) in [6.45, 7) is 0. The van der Waals surface area contributed by atoms with Crippen molar-refractivity contribution in [3.05, 3.63) is 130 Å². The Kier molecular flexibility index (Phi) is 4.88. The van der Waals surface area contributed by atoms with E-state index in [1.54, 1.807) is 5.57 Å². The summed E-state index contributed by atoms with van der Waals surface area (Å²) < 4.78 is 1.42. The van der Waals surface area contributed by atoms with Gasteiger partial charge in [0.1, 0.15) is 0 Å². The Balaban J connectivity index is 1.25. The Hall–Kier alpha value is -3.68. The molecule has 0 bridgehead atoms. The van der Waals surface area contributed by atoms with Gasteiger partial charge < -0.3 is 0 Å². The average Bonchev–Trinajstić information content (AvgIpc) is 3.36. The molecule has 0 fully saturated rings.